The number of alkyl halides is 3. The average Bonchev–Trinajstić information content (AvgIpc) is 2.69. The summed E-state index contributed by atoms with van der Waals surface area (Å²) in [6, 6.07) is 9.95. The number of nitrogens with zero attached hydrogens (tertiary/aromatic N) is 3. The van der Waals surface area contributed by atoms with Crippen LogP contribution in [0.25, 0.3) is 11.4 Å². The van der Waals surface area contributed by atoms with E-state index in [1.165, 1.54) is 12.3 Å². The molecule has 0 bridgehead atoms. The quantitative estimate of drug-likeness (QED) is 0.644. The summed E-state index contributed by atoms with van der Waals surface area (Å²) in [6.07, 6.45) is -2.33. The Balaban J connectivity index is 1.73. The summed E-state index contributed by atoms with van der Waals surface area (Å²) in [5.41, 5.74) is -0.0392. The zero-order valence-corrected chi connectivity index (χ0v) is 14.3. The van der Waals surface area contributed by atoms with E-state index in [0.717, 1.165) is 12.1 Å². The topological polar surface area (TPSA) is 85.2 Å². The lowest BCUT2D eigenvalue weighted by Crippen LogP contribution is -2.06. The fourth-order valence-electron chi connectivity index (χ4n) is 2.28. The number of rotatable bonds is 6. The molecule has 2 aromatic heterocycles. The van der Waals surface area contributed by atoms with Gasteiger partial charge in [-0.15, -0.1) is 0 Å². The Bertz CT molecular complexity index is 959. The number of ketones is 1. The maximum Gasteiger partial charge on any atom is 0.417 e. The molecular formula is C19H14F3N3O3. The van der Waals surface area contributed by atoms with Gasteiger partial charge >= 0.3 is 6.18 Å². The van der Waals surface area contributed by atoms with Crippen LogP contribution >= 0.6 is 0 Å². The minimum Gasteiger partial charge on any atom is -0.439 e. The van der Waals surface area contributed by atoms with Crippen molar-refractivity contribution >= 4 is 5.78 Å². The number of ether oxygens (including phenoxy) is 1. The molecule has 0 atom stereocenters. The molecule has 144 valence electrons. The molecule has 0 unspecified atom stereocenters. The molecule has 0 aliphatic heterocycles. The number of hydrogen-bond donors (Lipinski definition) is 1. The van der Waals surface area contributed by atoms with Crippen molar-refractivity contribution in [1.82, 2.24) is 15.0 Å². The van der Waals surface area contributed by atoms with E-state index >= 15 is 0 Å². The zero-order valence-electron chi connectivity index (χ0n) is 14.3. The third kappa shape index (κ3) is 4.68. The molecule has 0 aliphatic carbocycles. The van der Waals surface area contributed by atoms with Crippen LogP contribution in [0.3, 0.4) is 0 Å². The second kappa shape index (κ2) is 8.13. The molecule has 0 spiro atoms. The van der Waals surface area contributed by atoms with E-state index in [2.05, 4.69) is 15.0 Å². The van der Waals surface area contributed by atoms with Gasteiger partial charge in [-0.25, -0.2) is 15.0 Å². The highest BCUT2D eigenvalue weighted by molar-refractivity contribution is 5.94. The third-order valence-corrected chi connectivity index (χ3v) is 3.68. The summed E-state index contributed by atoms with van der Waals surface area (Å²) in [5.74, 6) is 0.416. The first kappa shape index (κ1) is 19.4. The number of pyridine rings is 1. The number of aliphatic hydroxyl groups is 1. The molecule has 9 heteroatoms. The zero-order chi connectivity index (χ0) is 20.1. The molecule has 2 heterocycles. The summed E-state index contributed by atoms with van der Waals surface area (Å²) < 4.78 is 43.1. The van der Waals surface area contributed by atoms with Crippen molar-refractivity contribution in [3.63, 3.8) is 0 Å². The highest BCUT2D eigenvalue weighted by Gasteiger charge is 2.30. The molecule has 0 saturated heterocycles. The number of halogens is 3. The van der Waals surface area contributed by atoms with Gasteiger partial charge in [-0.2, -0.15) is 13.2 Å². The van der Waals surface area contributed by atoms with E-state index in [1.54, 1.807) is 24.3 Å². The van der Waals surface area contributed by atoms with Crippen molar-refractivity contribution in [3.05, 3.63) is 66.1 Å². The van der Waals surface area contributed by atoms with Crippen LogP contribution in [0.4, 0.5) is 13.2 Å². The molecule has 0 saturated carbocycles. The normalized spacial score (nSPS) is 11.3. The molecule has 0 fully saturated rings. The largest absolute Gasteiger partial charge is 0.439 e. The highest BCUT2D eigenvalue weighted by Crippen LogP contribution is 2.30. The van der Waals surface area contributed by atoms with Gasteiger partial charge in [-0.3, -0.25) is 4.79 Å². The van der Waals surface area contributed by atoms with Gasteiger partial charge in [-0.05, 0) is 36.4 Å². The fourth-order valence-corrected chi connectivity index (χ4v) is 2.28. The van der Waals surface area contributed by atoms with E-state index in [9.17, 15) is 18.0 Å². The number of aliphatic hydroxyl groups excluding tert-OH is 1. The first-order valence-electron chi connectivity index (χ1n) is 8.15. The molecule has 28 heavy (non-hydrogen) atoms. The molecule has 0 amide bonds. The van der Waals surface area contributed by atoms with Gasteiger partial charge in [0.1, 0.15) is 11.4 Å². The number of Topliss-reactive ketones (excluding diaryl/α,β-unsaturated/α-hetero) is 1. The minimum absolute atomic E-state index is 0.0218. The lowest BCUT2D eigenvalue weighted by molar-refractivity contribution is -0.137. The Hall–Kier alpha value is -3.33. The fraction of sp³-hybridized carbons (Fsp3) is 0.158. The SMILES string of the molecule is O=C(CCO)c1ccnc(-c2ccc(Oc3ccc(C(F)(F)F)cn3)cc2)n1. The molecule has 0 aliphatic rings. The third-order valence-electron chi connectivity index (χ3n) is 3.68. The van der Waals surface area contributed by atoms with E-state index in [1.807, 2.05) is 0 Å². The van der Waals surface area contributed by atoms with Crippen molar-refractivity contribution in [3.8, 4) is 23.0 Å². The lowest BCUT2D eigenvalue weighted by atomic mass is 10.1. The molecule has 0 radical (unpaired) electrons. The number of hydrogen-bond acceptors (Lipinski definition) is 6. The van der Waals surface area contributed by atoms with Crippen molar-refractivity contribution < 1.29 is 27.8 Å². The van der Waals surface area contributed by atoms with Crippen LogP contribution in [-0.4, -0.2) is 32.4 Å². The Morgan fingerprint density at radius 3 is 2.39 bits per heavy atom. The van der Waals surface area contributed by atoms with Crippen LogP contribution in [0.1, 0.15) is 22.5 Å². The predicted octanol–water partition coefficient (Wildman–Crippen LogP) is 3.91. The van der Waals surface area contributed by atoms with Gasteiger partial charge in [0.25, 0.3) is 0 Å². The van der Waals surface area contributed by atoms with E-state index < -0.39 is 11.7 Å². The second-order valence-corrected chi connectivity index (χ2v) is 5.67. The summed E-state index contributed by atoms with van der Waals surface area (Å²) in [4.78, 5) is 23.8. The second-order valence-electron chi connectivity index (χ2n) is 5.67. The lowest BCUT2D eigenvalue weighted by Gasteiger charge is -2.08. The van der Waals surface area contributed by atoms with E-state index in [4.69, 9.17) is 9.84 Å². The number of carbonyl (C=O) groups excluding carboxylic acids is 1. The predicted molar refractivity (Wildman–Crippen MR) is 92.8 cm³/mol. The molecule has 1 N–H and O–H groups in total. The summed E-state index contributed by atoms with van der Waals surface area (Å²) in [7, 11) is 0. The van der Waals surface area contributed by atoms with Gasteiger partial charge < -0.3 is 9.84 Å². The highest BCUT2D eigenvalue weighted by atomic mass is 19.4. The Kier molecular flexibility index (Phi) is 5.65. The van der Waals surface area contributed by atoms with Crippen LogP contribution in [0.15, 0.2) is 54.9 Å². The van der Waals surface area contributed by atoms with Gasteiger partial charge in [-0.1, -0.05) is 0 Å². The van der Waals surface area contributed by atoms with Crippen LogP contribution in [0.2, 0.25) is 0 Å². The number of aromatic nitrogens is 3. The monoisotopic (exact) mass is 389 g/mol. The van der Waals surface area contributed by atoms with Gasteiger partial charge in [0.05, 0.1) is 12.2 Å². The van der Waals surface area contributed by atoms with Gasteiger partial charge in [0.2, 0.25) is 5.88 Å². The first-order chi connectivity index (χ1) is 13.4. The van der Waals surface area contributed by atoms with E-state index in [-0.39, 0.29) is 30.4 Å². The maximum atomic E-state index is 12.5. The Morgan fingerprint density at radius 2 is 1.79 bits per heavy atom. The van der Waals surface area contributed by atoms with Crippen molar-refractivity contribution in [2.75, 3.05) is 6.61 Å². The molecule has 1 aromatic carbocycles. The van der Waals surface area contributed by atoms with Crippen LogP contribution in [0.5, 0.6) is 11.6 Å². The molecule has 6 nitrogen and oxygen atoms in total. The minimum atomic E-state index is -4.46. The molecule has 3 rings (SSSR count). The summed E-state index contributed by atoms with van der Waals surface area (Å²) >= 11 is 0. The summed E-state index contributed by atoms with van der Waals surface area (Å²) in [6.45, 7) is -0.262. The Labute approximate surface area is 157 Å². The average molecular weight is 389 g/mol. The molecule has 3 aromatic rings. The van der Waals surface area contributed by atoms with Crippen LogP contribution in [-0.2, 0) is 6.18 Å². The van der Waals surface area contributed by atoms with Gasteiger partial charge in [0, 0.05) is 30.4 Å². The maximum absolute atomic E-state index is 12.5. The Morgan fingerprint density at radius 1 is 1.04 bits per heavy atom. The number of benzene rings is 1. The van der Waals surface area contributed by atoms with Crippen molar-refractivity contribution in [1.29, 1.82) is 0 Å². The van der Waals surface area contributed by atoms with Gasteiger partial charge in [0.15, 0.2) is 11.6 Å². The standard InChI is InChI=1S/C19H14F3N3O3/c20-19(21,22)13-3-6-17(24-11-13)28-14-4-1-12(2-5-14)18-23-9-7-15(25-18)16(27)8-10-26/h1-7,9,11,26H,8,10H2. The van der Waals surface area contributed by atoms with Crippen LogP contribution < -0.4 is 4.74 Å². The van der Waals surface area contributed by atoms with Crippen molar-refractivity contribution in [2.45, 2.75) is 12.6 Å². The van der Waals surface area contributed by atoms with Crippen LogP contribution in [0, 0.1) is 0 Å². The smallest absolute Gasteiger partial charge is 0.417 e. The molecular weight excluding hydrogens is 375 g/mol. The van der Waals surface area contributed by atoms with Crippen molar-refractivity contribution in [2.24, 2.45) is 0 Å². The summed E-state index contributed by atoms with van der Waals surface area (Å²) in [5, 5.41) is 8.85. The van der Waals surface area contributed by atoms with E-state index in [0.29, 0.717) is 23.3 Å². The number of carbonyl (C=O) groups is 1. The first-order valence-corrected chi connectivity index (χ1v) is 8.15.